The lowest BCUT2D eigenvalue weighted by Gasteiger charge is -2.26. The first-order valence-electron chi connectivity index (χ1n) is 10.7. The van der Waals surface area contributed by atoms with Crippen molar-refractivity contribution in [2.75, 3.05) is 13.7 Å². The summed E-state index contributed by atoms with van der Waals surface area (Å²) in [6.45, 7) is 0.705. The lowest BCUT2D eigenvalue weighted by Crippen LogP contribution is -2.20. The number of aromatic nitrogens is 2. The van der Waals surface area contributed by atoms with E-state index < -0.39 is 0 Å². The quantitative estimate of drug-likeness (QED) is 0.794. The third-order valence-corrected chi connectivity index (χ3v) is 6.46. The molecule has 0 radical (unpaired) electrons. The van der Waals surface area contributed by atoms with E-state index in [0.717, 1.165) is 17.7 Å². The molecule has 4 rings (SSSR count). The van der Waals surface area contributed by atoms with Gasteiger partial charge in [0.1, 0.15) is 0 Å². The van der Waals surface area contributed by atoms with Crippen LogP contribution in [0.25, 0.3) is 5.69 Å². The van der Waals surface area contributed by atoms with E-state index in [1.54, 1.807) is 0 Å². The molecular formula is C23H31N3O2. The van der Waals surface area contributed by atoms with Gasteiger partial charge in [0.15, 0.2) is 0 Å². The molecule has 150 valence electrons. The van der Waals surface area contributed by atoms with Crippen LogP contribution in [-0.4, -0.2) is 29.4 Å². The van der Waals surface area contributed by atoms with Gasteiger partial charge in [-0.15, -0.1) is 0 Å². The van der Waals surface area contributed by atoms with Crippen LogP contribution in [0.15, 0.2) is 24.3 Å². The van der Waals surface area contributed by atoms with Gasteiger partial charge in [-0.3, -0.25) is 4.79 Å². The molecule has 0 amide bonds. The fourth-order valence-corrected chi connectivity index (χ4v) is 4.95. The van der Waals surface area contributed by atoms with Gasteiger partial charge in [-0.25, -0.2) is 4.68 Å². The maximum absolute atomic E-state index is 11.5. The lowest BCUT2D eigenvalue weighted by atomic mass is 9.79. The Labute approximate surface area is 167 Å². The van der Waals surface area contributed by atoms with Crippen molar-refractivity contribution in [3.63, 3.8) is 0 Å². The molecule has 2 N–H and O–H groups in total. The van der Waals surface area contributed by atoms with Crippen molar-refractivity contribution in [3.8, 4) is 5.69 Å². The molecule has 2 aliphatic rings. The van der Waals surface area contributed by atoms with Gasteiger partial charge < -0.3 is 10.5 Å². The molecule has 0 saturated heterocycles. The molecule has 1 aromatic carbocycles. The smallest absolute Gasteiger partial charge is 0.309 e. The van der Waals surface area contributed by atoms with Gasteiger partial charge >= 0.3 is 5.97 Å². The Morgan fingerprint density at radius 2 is 1.89 bits per heavy atom. The third-order valence-electron chi connectivity index (χ3n) is 6.46. The summed E-state index contributed by atoms with van der Waals surface area (Å²) in [4.78, 5) is 11.5. The number of hydrogen-bond acceptors (Lipinski definition) is 4. The van der Waals surface area contributed by atoms with Crippen molar-refractivity contribution in [3.05, 3.63) is 46.8 Å². The molecule has 1 saturated carbocycles. The Bertz CT molecular complexity index is 819. The molecule has 5 heteroatoms. The van der Waals surface area contributed by atoms with Gasteiger partial charge in [0.25, 0.3) is 0 Å². The van der Waals surface area contributed by atoms with Gasteiger partial charge in [0, 0.05) is 17.2 Å². The highest BCUT2D eigenvalue weighted by Crippen LogP contribution is 2.41. The summed E-state index contributed by atoms with van der Waals surface area (Å²) < 4.78 is 6.93. The zero-order chi connectivity index (χ0) is 19.5. The Balaban J connectivity index is 1.71. The van der Waals surface area contributed by atoms with Crippen molar-refractivity contribution in [1.29, 1.82) is 0 Å². The highest BCUT2D eigenvalue weighted by Gasteiger charge is 2.32. The number of ether oxygens (including phenoxy) is 1. The fourth-order valence-electron chi connectivity index (χ4n) is 4.95. The molecule has 0 spiro atoms. The minimum absolute atomic E-state index is 0.213. The van der Waals surface area contributed by atoms with Crippen LogP contribution in [0.4, 0.5) is 0 Å². The second-order valence-corrected chi connectivity index (χ2v) is 8.24. The van der Waals surface area contributed by atoms with E-state index in [1.807, 2.05) is 12.1 Å². The van der Waals surface area contributed by atoms with E-state index in [9.17, 15) is 4.79 Å². The zero-order valence-electron chi connectivity index (χ0n) is 16.8. The molecule has 1 fully saturated rings. The van der Waals surface area contributed by atoms with Gasteiger partial charge in [-0.2, -0.15) is 5.10 Å². The van der Waals surface area contributed by atoms with Crippen LogP contribution < -0.4 is 5.73 Å². The number of methoxy groups -OCH3 is 1. The minimum Gasteiger partial charge on any atom is -0.469 e. The third kappa shape index (κ3) is 3.72. The second-order valence-electron chi connectivity index (χ2n) is 8.24. The number of rotatable bonds is 5. The summed E-state index contributed by atoms with van der Waals surface area (Å²) in [7, 11) is 1.42. The number of hydrogen-bond donors (Lipinski definition) is 1. The SMILES string of the molecule is COC(=O)Cc1ccc(-n2nc(C3CCCCC3)c3c2CCCC3CN)cc1. The summed E-state index contributed by atoms with van der Waals surface area (Å²) in [5.74, 6) is 0.803. The van der Waals surface area contributed by atoms with Gasteiger partial charge in [-0.1, -0.05) is 31.4 Å². The first kappa shape index (κ1) is 19.2. The first-order chi connectivity index (χ1) is 13.7. The predicted octanol–water partition coefficient (Wildman–Crippen LogP) is 4.01. The molecule has 2 aromatic rings. The van der Waals surface area contributed by atoms with Crippen molar-refractivity contribution in [1.82, 2.24) is 9.78 Å². The number of carbonyl (C=O) groups is 1. The van der Waals surface area contributed by atoms with Crippen molar-refractivity contribution < 1.29 is 9.53 Å². The van der Waals surface area contributed by atoms with Crippen LogP contribution in [-0.2, 0) is 22.4 Å². The average Bonchev–Trinajstić information content (AvgIpc) is 3.14. The molecule has 1 heterocycles. The maximum Gasteiger partial charge on any atom is 0.309 e. The maximum atomic E-state index is 11.5. The van der Waals surface area contributed by atoms with E-state index in [0.29, 0.717) is 24.8 Å². The largest absolute Gasteiger partial charge is 0.469 e. The van der Waals surface area contributed by atoms with Crippen molar-refractivity contribution >= 4 is 5.97 Å². The Morgan fingerprint density at radius 1 is 1.14 bits per heavy atom. The van der Waals surface area contributed by atoms with E-state index in [1.165, 1.54) is 69.0 Å². The summed E-state index contributed by atoms with van der Waals surface area (Å²) in [6, 6.07) is 8.15. The first-order valence-corrected chi connectivity index (χ1v) is 10.7. The van der Waals surface area contributed by atoms with Gasteiger partial charge in [0.05, 0.1) is 24.9 Å². The highest BCUT2D eigenvalue weighted by atomic mass is 16.5. The van der Waals surface area contributed by atoms with Gasteiger partial charge in [-0.05, 0) is 62.3 Å². The molecule has 2 aliphatic carbocycles. The van der Waals surface area contributed by atoms with Crippen LogP contribution >= 0.6 is 0 Å². The molecule has 28 heavy (non-hydrogen) atoms. The summed E-state index contributed by atoms with van der Waals surface area (Å²) in [5, 5.41) is 5.16. The van der Waals surface area contributed by atoms with Crippen molar-refractivity contribution in [2.45, 2.75) is 69.6 Å². The topological polar surface area (TPSA) is 70.1 Å². The number of benzene rings is 1. The van der Waals surface area contributed by atoms with Crippen LogP contribution in [0.2, 0.25) is 0 Å². The summed E-state index contributed by atoms with van der Waals surface area (Å²) in [5.41, 5.74) is 12.3. The Hall–Kier alpha value is -2.14. The zero-order valence-corrected chi connectivity index (χ0v) is 16.8. The van der Waals surface area contributed by atoms with E-state index in [-0.39, 0.29) is 5.97 Å². The van der Waals surface area contributed by atoms with Crippen LogP contribution in [0, 0.1) is 0 Å². The molecule has 1 unspecified atom stereocenters. The number of esters is 1. The van der Waals surface area contributed by atoms with Crippen LogP contribution in [0.1, 0.15) is 79.3 Å². The van der Waals surface area contributed by atoms with E-state index in [2.05, 4.69) is 16.8 Å². The lowest BCUT2D eigenvalue weighted by molar-refractivity contribution is -0.139. The Morgan fingerprint density at radius 3 is 2.57 bits per heavy atom. The van der Waals surface area contributed by atoms with Crippen molar-refractivity contribution in [2.24, 2.45) is 5.73 Å². The molecule has 1 aromatic heterocycles. The second kappa shape index (κ2) is 8.48. The number of carbonyl (C=O) groups excluding carboxylic acids is 1. The standard InChI is InChI=1S/C23H31N3O2/c1-28-21(27)14-16-10-12-19(13-11-16)26-20-9-5-8-18(15-24)22(20)23(25-26)17-6-3-2-4-7-17/h10-13,17-18H,2-9,14-15,24H2,1H3. The number of fused-ring (bicyclic) bond motifs is 1. The summed E-state index contributed by atoms with van der Waals surface area (Å²) in [6.07, 6.45) is 10.2. The summed E-state index contributed by atoms with van der Waals surface area (Å²) >= 11 is 0. The van der Waals surface area contributed by atoms with E-state index >= 15 is 0 Å². The predicted molar refractivity (Wildman–Crippen MR) is 110 cm³/mol. The van der Waals surface area contributed by atoms with E-state index in [4.69, 9.17) is 15.6 Å². The molecule has 1 atom stereocenters. The minimum atomic E-state index is -0.213. The average molecular weight is 382 g/mol. The molecule has 0 aliphatic heterocycles. The fraction of sp³-hybridized carbons (Fsp3) is 0.565. The normalized spacial score (nSPS) is 20.0. The number of nitrogens with zero attached hydrogens (tertiary/aromatic N) is 2. The van der Waals surface area contributed by atoms with Gasteiger partial charge in [0.2, 0.25) is 0 Å². The molecular weight excluding hydrogens is 350 g/mol. The van der Waals surface area contributed by atoms with Crippen LogP contribution in [0.5, 0.6) is 0 Å². The Kier molecular flexibility index (Phi) is 5.81. The highest BCUT2D eigenvalue weighted by molar-refractivity contribution is 5.72. The molecule has 5 nitrogen and oxygen atoms in total. The number of nitrogens with two attached hydrogens (primary N) is 1. The molecule has 0 bridgehead atoms. The monoisotopic (exact) mass is 381 g/mol. The van der Waals surface area contributed by atoms with Crippen LogP contribution in [0.3, 0.4) is 0 Å².